The van der Waals surface area contributed by atoms with E-state index in [0.717, 1.165) is 22.3 Å². The summed E-state index contributed by atoms with van der Waals surface area (Å²) >= 11 is 14.2. The number of benzene rings is 4. The molecular weight excluding hydrogens is 711 g/mol. The molecule has 0 fully saturated rings. The Kier molecular flexibility index (Phi) is 11.0. The van der Waals surface area contributed by atoms with Crippen molar-refractivity contribution in [1.29, 1.82) is 0 Å². The molecule has 270 valence electrons. The van der Waals surface area contributed by atoms with Gasteiger partial charge in [-0.3, -0.25) is 19.2 Å². The predicted molar refractivity (Wildman–Crippen MR) is 199 cm³/mol. The van der Waals surface area contributed by atoms with E-state index in [4.69, 9.17) is 42.9 Å². The monoisotopic (exact) mass is 746 g/mol. The van der Waals surface area contributed by atoms with Crippen LogP contribution in [0.5, 0.6) is 11.5 Å². The zero-order chi connectivity index (χ0) is 37.1. The fraction of sp³-hybridized carbons (Fsp3) is 0.263. The van der Waals surface area contributed by atoms with Gasteiger partial charge in [-0.2, -0.15) is 0 Å². The Morgan fingerprint density at radius 2 is 1.06 bits per heavy atom. The van der Waals surface area contributed by atoms with Gasteiger partial charge in [0.25, 0.3) is 11.8 Å². The number of amides is 2. The molecule has 4 aromatic rings. The van der Waals surface area contributed by atoms with Crippen LogP contribution < -0.4 is 29.9 Å². The van der Waals surface area contributed by atoms with E-state index in [1.807, 2.05) is 60.7 Å². The molecule has 0 aromatic heterocycles. The Morgan fingerprint density at radius 3 is 1.44 bits per heavy atom. The van der Waals surface area contributed by atoms with Crippen LogP contribution in [0.25, 0.3) is 33.4 Å². The molecule has 52 heavy (non-hydrogen) atoms. The maximum atomic E-state index is 12.7. The SMILES string of the molecule is C[C@H](NCCN1C(=O)COc2cc(-c3cccc(-c4cccc(-c5ccc6c(c5)OCC(=O)N6CCN[C@@H](C)C(=O)O)c4Cl)c3Cl)ccc21)C(=O)O. The Hall–Kier alpha value is -5.14. The molecule has 0 saturated carbocycles. The number of halogens is 2. The molecule has 2 aliphatic heterocycles. The fourth-order valence-electron chi connectivity index (χ4n) is 6.12. The van der Waals surface area contributed by atoms with Gasteiger partial charge in [0.1, 0.15) is 23.6 Å². The first kappa shape index (κ1) is 36.6. The molecule has 0 spiro atoms. The van der Waals surface area contributed by atoms with Crippen molar-refractivity contribution in [3.8, 4) is 44.9 Å². The lowest BCUT2D eigenvalue weighted by Crippen LogP contribution is -2.45. The number of carboxylic acids is 2. The lowest BCUT2D eigenvalue weighted by Gasteiger charge is -2.30. The van der Waals surface area contributed by atoms with Gasteiger partial charge in [0.05, 0.1) is 21.4 Å². The van der Waals surface area contributed by atoms with Gasteiger partial charge in [-0.25, -0.2) is 0 Å². The highest BCUT2D eigenvalue weighted by Crippen LogP contribution is 2.45. The number of nitrogens with one attached hydrogen (secondary N) is 2. The number of carboxylic acid groups (broad SMARTS) is 2. The third kappa shape index (κ3) is 7.56. The average Bonchev–Trinajstić information content (AvgIpc) is 3.13. The summed E-state index contributed by atoms with van der Waals surface area (Å²) in [4.78, 5) is 50.9. The zero-order valence-electron chi connectivity index (χ0n) is 28.3. The first-order valence-electron chi connectivity index (χ1n) is 16.6. The summed E-state index contributed by atoms with van der Waals surface area (Å²) < 4.78 is 11.6. The van der Waals surface area contributed by atoms with Gasteiger partial charge < -0.3 is 40.1 Å². The van der Waals surface area contributed by atoms with Crippen LogP contribution in [0.4, 0.5) is 11.4 Å². The summed E-state index contributed by atoms with van der Waals surface area (Å²) in [6.07, 6.45) is 0. The number of hydrogen-bond acceptors (Lipinski definition) is 8. The van der Waals surface area contributed by atoms with E-state index in [0.29, 0.717) is 44.0 Å². The van der Waals surface area contributed by atoms with Crippen LogP contribution in [0, 0.1) is 0 Å². The minimum absolute atomic E-state index is 0.146. The van der Waals surface area contributed by atoms with Gasteiger partial charge >= 0.3 is 11.9 Å². The lowest BCUT2D eigenvalue weighted by atomic mass is 9.95. The van der Waals surface area contributed by atoms with Crippen LogP contribution in [-0.4, -0.2) is 85.4 Å². The number of rotatable bonds is 13. The molecule has 2 aliphatic rings. The van der Waals surface area contributed by atoms with Gasteiger partial charge in [0.2, 0.25) is 0 Å². The van der Waals surface area contributed by atoms with Crippen molar-refractivity contribution in [2.45, 2.75) is 25.9 Å². The first-order valence-corrected chi connectivity index (χ1v) is 17.3. The topological polar surface area (TPSA) is 158 Å². The van der Waals surface area contributed by atoms with Crippen LogP contribution in [0.2, 0.25) is 10.0 Å². The number of nitrogens with zero attached hydrogens (tertiary/aromatic N) is 2. The number of carbonyl (C=O) groups excluding carboxylic acids is 2. The Morgan fingerprint density at radius 1 is 0.673 bits per heavy atom. The van der Waals surface area contributed by atoms with E-state index in [9.17, 15) is 19.2 Å². The van der Waals surface area contributed by atoms with Gasteiger partial charge in [0.15, 0.2) is 13.2 Å². The van der Waals surface area contributed by atoms with Crippen molar-refractivity contribution in [3.63, 3.8) is 0 Å². The predicted octanol–water partition coefficient (Wildman–Crippen LogP) is 5.57. The Bertz CT molecular complexity index is 1910. The van der Waals surface area contributed by atoms with Crippen molar-refractivity contribution in [1.82, 2.24) is 10.6 Å². The third-order valence-electron chi connectivity index (χ3n) is 9.03. The van der Waals surface area contributed by atoms with Crippen molar-refractivity contribution in [2.75, 3.05) is 49.2 Å². The molecule has 0 unspecified atom stereocenters. The van der Waals surface area contributed by atoms with E-state index in [1.54, 1.807) is 35.8 Å². The largest absolute Gasteiger partial charge is 0.482 e. The minimum Gasteiger partial charge on any atom is -0.482 e. The quantitative estimate of drug-likeness (QED) is 0.136. The van der Waals surface area contributed by atoms with Crippen LogP contribution in [0.3, 0.4) is 0 Å². The van der Waals surface area contributed by atoms with Gasteiger partial charge in [-0.1, -0.05) is 71.7 Å². The Labute approximate surface area is 309 Å². The number of ether oxygens (including phenoxy) is 2. The molecule has 4 N–H and O–H groups in total. The van der Waals surface area contributed by atoms with Crippen molar-refractivity contribution >= 4 is 58.3 Å². The zero-order valence-corrected chi connectivity index (χ0v) is 29.8. The van der Waals surface area contributed by atoms with Crippen molar-refractivity contribution in [2.24, 2.45) is 0 Å². The summed E-state index contributed by atoms with van der Waals surface area (Å²) in [6.45, 7) is 3.92. The van der Waals surface area contributed by atoms with E-state index < -0.39 is 24.0 Å². The Balaban J connectivity index is 1.25. The molecule has 12 nitrogen and oxygen atoms in total. The van der Waals surface area contributed by atoms with E-state index in [1.165, 1.54) is 0 Å². The summed E-state index contributed by atoms with van der Waals surface area (Å²) in [5.74, 6) is -1.38. The molecule has 0 radical (unpaired) electrons. The van der Waals surface area contributed by atoms with Crippen LogP contribution in [0.15, 0.2) is 72.8 Å². The third-order valence-corrected chi connectivity index (χ3v) is 9.84. The molecule has 14 heteroatoms. The first-order chi connectivity index (χ1) is 24.9. The van der Waals surface area contributed by atoms with Crippen LogP contribution in [-0.2, 0) is 19.2 Å². The summed E-state index contributed by atoms with van der Waals surface area (Å²) in [7, 11) is 0. The van der Waals surface area contributed by atoms with E-state index in [2.05, 4.69) is 10.6 Å². The second kappa shape index (κ2) is 15.6. The summed E-state index contributed by atoms with van der Waals surface area (Å²) in [5.41, 5.74) is 5.56. The average molecular weight is 748 g/mol. The molecule has 2 heterocycles. The van der Waals surface area contributed by atoms with Crippen molar-refractivity contribution < 1.29 is 38.9 Å². The second-order valence-corrected chi connectivity index (χ2v) is 13.2. The molecule has 6 rings (SSSR count). The van der Waals surface area contributed by atoms with E-state index >= 15 is 0 Å². The number of fused-ring (bicyclic) bond motifs is 2. The maximum Gasteiger partial charge on any atom is 0.320 e. The molecular formula is C38H36Cl2N4O8. The van der Waals surface area contributed by atoms with Crippen LogP contribution in [0.1, 0.15) is 13.8 Å². The lowest BCUT2D eigenvalue weighted by molar-refractivity contribution is -0.139. The van der Waals surface area contributed by atoms with E-state index in [-0.39, 0.29) is 51.2 Å². The van der Waals surface area contributed by atoms with Crippen molar-refractivity contribution in [3.05, 3.63) is 82.8 Å². The summed E-state index contributed by atoms with van der Waals surface area (Å²) in [5, 5.41) is 25.0. The molecule has 0 aliphatic carbocycles. The number of carbonyl (C=O) groups is 4. The minimum atomic E-state index is -0.971. The molecule has 2 atom stereocenters. The van der Waals surface area contributed by atoms with Crippen LogP contribution >= 0.6 is 23.2 Å². The number of anilines is 2. The van der Waals surface area contributed by atoms with Gasteiger partial charge in [0, 0.05) is 48.4 Å². The van der Waals surface area contributed by atoms with Gasteiger partial charge in [-0.15, -0.1) is 0 Å². The molecule has 0 saturated heterocycles. The molecule has 4 aromatic carbocycles. The molecule has 0 bridgehead atoms. The fourth-order valence-corrected chi connectivity index (χ4v) is 6.79. The second-order valence-electron chi connectivity index (χ2n) is 12.4. The summed E-state index contributed by atoms with van der Waals surface area (Å²) in [6, 6.07) is 20.8. The molecule has 2 amide bonds. The highest BCUT2D eigenvalue weighted by atomic mass is 35.5. The normalized spacial score (nSPS) is 14.9. The number of aliphatic carboxylic acids is 2. The van der Waals surface area contributed by atoms with Gasteiger partial charge in [-0.05, 0) is 49.2 Å². The number of hydrogen-bond donors (Lipinski definition) is 4. The standard InChI is InChI=1S/C38H36Cl2N4O8/c1-21(37(47)48)41-13-15-43-29-11-9-23(17-31(29)51-19-33(43)45)25-5-3-7-27(35(25)39)28-8-4-6-26(36(28)40)24-10-12-30-32(18-24)52-20-34(46)44(30)16-14-42-22(2)38(49)50/h3-12,17-18,21-22,41-42H,13-16,19-20H2,1-2H3,(H,47,48)(H,49,50)/t21-,22-/m0/s1. The smallest absolute Gasteiger partial charge is 0.320 e. The highest BCUT2D eigenvalue weighted by Gasteiger charge is 2.28. The maximum absolute atomic E-state index is 12.7. The highest BCUT2D eigenvalue weighted by molar-refractivity contribution is 6.39.